The topological polar surface area (TPSA) is 97.8 Å². The summed E-state index contributed by atoms with van der Waals surface area (Å²) in [7, 11) is 0. The van der Waals surface area contributed by atoms with Crippen molar-refractivity contribution in [1.29, 1.82) is 0 Å². The number of thiocarbonyl (C=S) groups is 1. The third-order valence-corrected chi connectivity index (χ3v) is 5.14. The van der Waals surface area contributed by atoms with Gasteiger partial charge in [-0.3, -0.25) is 24.2 Å². The van der Waals surface area contributed by atoms with Crippen molar-refractivity contribution < 1.29 is 28.7 Å². The molecule has 134 valence electrons. The average molecular weight is 393 g/mol. The molecule has 0 spiro atoms. The van der Waals surface area contributed by atoms with Crippen LogP contribution in [-0.2, 0) is 19.2 Å². The van der Waals surface area contributed by atoms with Crippen molar-refractivity contribution in [2.24, 2.45) is 0 Å². The smallest absolute Gasteiger partial charge is 0.266 e. The Hall–Kier alpha value is -2.59. The fraction of sp³-hybridized carbons (Fsp3) is 0.188. The summed E-state index contributed by atoms with van der Waals surface area (Å²) in [6, 6.07) is 4.27. The predicted octanol–water partition coefficient (Wildman–Crippen LogP) is -0.0957. The largest absolute Gasteiger partial charge is 0.548 e. The number of hydrogen-bond donors (Lipinski definition) is 0. The maximum absolute atomic E-state index is 13.0. The summed E-state index contributed by atoms with van der Waals surface area (Å²) in [6.07, 6.45) is 1.15. The minimum Gasteiger partial charge on any atom is -0.548 e. The van der Waals surface area contributed by atoms with E-state index >= 15 is 0 Å². The predicted molar refractivity (Wildman–Crippen MR) is 91.5 cm³/mol. The van der Waals surface area contributed by atoms with Crippen LogP contribution in [0.25, 0.3) is 6.08 Å². The standard InChI is InChI=1S/C16H11FN2O5S2/c17-9-3-1-8(2-4-9)5-11-15(24)19(16(25)26-11)10-6-12(20)18(14(10)23)7-13(21)22/h1-5,10H,6-7H2,(H,21,22)/p-1. The van der Waals surface area contributed by atoms with Gasteiger partial charge in [0.25, 0.3) is 11.8 Å². The zero-order valence-corrected chi connectivity index (χ0v) is 14.6. The number of rotatable bonds is 4. The van der Waals surface area contributed by atoms with Crippen LogP contribution >= 0.6 is 24.0 Å². The molecule has 10 heteroatoms. The Morgan fingerprint density at radius 2 is 1.96 bits per heavy atom. The first-order valence-corrected chi connectivity index (χ1v) is 8.57. The molecule has 2 fully saturated rings. The van der Waals surface area contributed by atoms with E-state index in [-0.39, 0.29) is 15.6 Å². The minimum atomic E-state index is -1.58. The van der Waals surface area contributed by atoms with Gasteiger partial charge in [-0.1, -0.05) is 36.1 Å². The first kappa shape index (κ1) is 18.2. The van der Waals surface area contributed by atoms with E-state index in [1.165, 1.54) is 30.3 Å². The molecule has 2 saturated heterocycles. The number of halogens is 1. The Bertz CT molecular complexity index is 868. The number of nitrogens with zero attached hydrogens (tertiary/aromatic N) is 2. The fourth-order valence-corrected chi connectivity index (χ4v) is 3.98. The van der Waals surface area contributed by atoms with Crippen LogP contribution in [0.4, 0.5) is 4.39 Å². The number of carbonyl (C=O) groups excluding carboxylic acids is 4. The molecule has 1 unspecified atom stereocenters. The Morgan fingerprint density at radius 1 is 1.31 bits per heavy atom. The summed E-state index contributed by atoms with van der Waals surface area (Å²) < 4.78 is 13.1. The molecule has 2 aliphatic rings. The molecule has 0 aliphatic carbocycles. The van der Waals surface area contributed by atoms with Crippen molar-refractivity contribution in [3.63, 3.8) is 0 Å². The van der Waals surface area contributed by atoms with Crippen molar-refractivity contribution in [2.75, 3.05) is 6.54 Å². The highest BCUT2D eigenvalue weighted by atomic mass is 32.2. The van der Waals surface area contributed by atoms with Crippen LogP contribution in [0.3, 0.4) is 0 Å². The average Bonchev–Trinajstić information content (AvgIpc) is 2.99. The third-order valence-electron chi connectivity index (χ3n) is 3.81. The first-order chi connectivity index (χ1) is 12.3. The van der Waals surface area contributed by atoms with Crippen molar-refractivity contribution in [3.8, 4) is 0 Å². The van der Waals surface area contributed by atoms with Crippen molar-refractivity contribution >= 4 is 58.1 Å². The number of carboxylic acids is 1. The lowest BCUT2D eigenvalue weighted by Gasteiger charge is -2.21. The van der Waals surface area contributed by atoms with E-state index in [0.29, 0.717) is 10.5 Å². The lowest BCUT2D eigenvalue weighted by Crippen LogP contribution is -2.46. The van der Waals surface area contributed by atoms with Gasteiger partial charge in [0.15, 0.2) is 0 Å². The number of hydrogen-bond acceptors (Lipinski definition) is 7. The van der Waals surface area contributed by atoms with E-state index in [4.69, 9.17) is 12.2 Å². The number of benzene rings is 1. The van der Waals surface area contributed by atoms with Crippen molar-refractivity contribution in [3.05, 3.63) is 40.6 Å². The minimum absolute atomic E-state index is 0.0878. The number of carboxylic acid groups (broad SMARTS) is 1. The maximum Gasteiger partial charge on any atom is 0.266 e. The molecule has 0 bridgehead atoms. The fourth-order valence-electron chi connectivity index (χ4n) is 2.62. The number of thioether (sulfide) groups is 1. The van der Waals surface area contributed by atoms with Crippen LogP contribution < -0.4 is 5.11 Å². The number of aliphatic carboxylic acids is 1. The highest BCUT2D eigenvalue weighted by Crippen LogP contribution is 2.36. The van der Waals surface area contributed by atoms with Crippen LogP contribution in [0.5, 0.6) is 0 Å². The van der Waals surface area contributed by atoms with Crippen LogP contribution in [0, 0.1) is 5.82 Å². The molecular formula is C16H10FN2O5S2-. The second-order valence-electron chi connectivity index (χ2n) is 5.51. The van der Waals surface area contributed by atoms with Crippen molar-refractivity contribution in [2.45, 2.75) is 12.5 Å². The van der Waals surface area contributed by atoms with Crippen LogP contribution in [0.15, 0.2) is 29.2 Å². The zero-order chi connectivity index (χ0) is 19.0. The van der Waals surface area contributed by atoms with E-state index < -0.39 is 42.1 Å². The molecule has 1 atom stereocenters. The van der Waals surface area contributed by atoms with E-state index in [1.807, 2.05) is 0 Å². The van der Waals surface area contributed by atoms with E-state index in [0.717, 1.165) is 16.7 Å². The molecule has 1 aromatic carbocycles. The molecule has 26 heavy (non-hydrogen) atoms. The number of imide groups is 1. The molecule has 0 aromatic heterocycles. The van der Waals surface area contributed by atoms with Gasteiger partial charge in [-0.05, 0) is 23.8 Å². The maximum atomic E-state index is 13.0. The van der Waals surface area contributed by atoms with Crippen molar-refractivity contribution in [1.82, 2.24) is 9.80 Å². The van der Waals surface area contributed by atoms with E-state index in [2.05, 4.69) is 0 Å². The van der Waals surface area contributed by atoms with Gasteiger partial charge in [0, 0.05) is 0 Å². The van der Waals surface area contributed by atoms with E-state index in [9.17, 15) is 28.7 Å². The van der Waals surface area contributed by atoms with Crippen LogP contribution in [0.2, 0.25) is 0 Å². The monoisotopic (exact) mass is 393 g/mol. The van der Waals surface area contributed by atoms with Crippen LogP contribution in [-0.4, -0.2) is 50.4 Å². The van der Waals surface area contributed by atoms with Gasteiger partial charge in [-0.2, -0.15) is 0 Å². The molecule has 2 heterocycles. The quantitative estimate of drug-likeness (QED) is 0.400. The molecule has 3 amide bonds. The third kappa shape index (κ3) is 3.37. The molecule has 3 rings (SSSR count). The second kappa shape index (κ2) is 6.96. The second-order valence-corrected chi connectivity index (χ2v) is 7.19. The normalized spacial score (nSPS) is 22.0. The molecule has 7 nitrogen and oxygen atoms in total. The summed E-state index contributed by atoms with van der Waals surface area (Å²) in [4.78, 5) is 49.3. The van der Waals surface area contributed by atoms with Gasteiger partial charge in [-0.25, -0.2) is 4.39 Å². The Balaban J connectivity index is 1.83. The van der Waals surface area contributed by atoms with Gasteiger partial charge in [0.1, 0.15) is 16.2 Å². The Morgan fingerprint density at radius 3 is 2.58 bits per heavy atom. The van der Waals surface area contributed by atoms with E-state index in [1.54, 1.807) is 0 Å². The Kier molecular flexibility index (Phi) is 4.88. The van der Waals surface area contributed by atoms with Gasteiger partial charge < -0.3 is 9.90 Å². The Labute approximate surface area is 156 Å². The summed E-state index contributed by atoms with van der Waals surface area (Å²) in [6.45, 7) is -0.867. The SMILES string of the molecule is O=C([O-])CN1C(=O)CC(N2C(=O)C(=Cc3ccc(F)cc3)SC2=S)C1=O. The van der Waals surface area contributed by atoms with Gasteiger partial charge in [0.2, 0.25) is 5.91 Å². The first-order valence-electron chi connectivity index (χ1n) is 7.34. The number of amides is 3. The van der Waals surface area contributed by atoms with Crippen LogP contribution in [0.1, 0.15) is 12.0 Å². The lowest BCUT2D eigenvalue weighted by atomic mass is 10.2. The molecule has 0 N–H and O–H groups in total. The highest BCUT2D eigenvalue weighted by Gasteiger charge is 2.48. The number of likely N-dealkylation sites (tertiary alicyclic amines) is 1. The lowest BCUT2D eigenvalue weighted by molar-refractivity contribution is -0.305. The highest BCUT2D eigenvalue weighted by molar-refractivity contribution is 8.26. The van der Waals surface area contributed by atoms with Gasteiger partial charge in [0.05, 0.1) is 23.8 Å². The summed E-state index contributed by atoms with van der Waals surface area (Å²) in [5.74, 6) is -4.07. The molecule has 0 radical (unpaired) electrons. The molecule has 0 saturated carbocycles. The molecule has 1 aromatic rings. The zero-order valence-electron chi connectivity index (χ0n) is 13.0. The van der Waals surface area contributed by atoms with Gasteiger partial charge >= 0.3 is 0 Å². The summed E-state index contributed by atoms with van der Waals surface area (Å²) in [5, 5.41) is 10.7. The summed E-state index contributed by atoms with van der Waals surface area (Å²) >= 11 is 6.09. The van der Waals surface area contributed by atoms with Gasteiger partial charge in [-0.15, -0.1) is 0 Å². The summed E-state index contributed by atoms with van der Waals surface area (Å²) in [5.41, 5.74) is 0.569. The molecular weight excluding hydrogens is 383 g/mol. The number of carbonyl (C=O) groups is 4. The molecule has 2 aliphatic heterocycles.